The summed E-state index contributed by atoms with van der Waals surface area (Å²) in [6.45, 7) is 4.60. The Labute approximate surface area is 289 Å². The van der Waals surface area contributed by atoms with Crippen molar-refractivity contribution < 1.29 is 0 Å². The Kier molecular flexibility index (Phi) is 5.45. The minimum absolute atomic E-state index is 0.296. The topological polar surface area (TPSA) is 30.7 Å². The lowest BCUT2D eigenvalue weighted by Gasteiger charge is -2.21. The van der Waals surface area contributed by atoms with E-state index in [1.807, 2.05) is 0 Å². The molecule has 1 aliphatic rings. The van der Waals surface area contributed by atoms with Crippen molar-refractivity contribution in [1.82, 2.24) is 14.5 Å². The first kappa shape index (κ1) is 27.6. The van der Waals surface area contributed by atoms with Gasteiger partial charge in [-0.2, -0.15) is 0 Å². The number of hydrogen-bond acceptors (Lipinski definition) is 2. The molecule has 0 aliphatic heterocycles. The summed E-state index contributed by atoms with van der Waals surface area (Å²) in [5, 5.41) is 12.5. The summed E-state index contributed by atoms with van der Waals surface area (Å²) in [4.78, 5) is 11.2. The molecule has 0 saturated heterocycles. The smallest absolute Gasteiger partial charge is 0.235 e. The Morgan fingerprint density at radius 2 is 1.00 bits per heavy atom. The Morgan fingerprint density at radius 1 is 0.460 bits per heavy atom. The normalized spacial score (nSPS) is 13.6. The van der Waals surface area contributed by atoms with Gasteiger partial charge in [-0.3, -0.25) is 4.57 Å². The molecule has 0 bridgehead atoms. The van der Waals surface area contributed by atoms with E-state index in [2.05, 4.69) is 170 Å². The predicted octanol–water partition coefficient (Wildman–Crippen LogP) is 12.2. The molecule has 234 valence electrons. The van der Waals surface area contributed by atoms with Crippen molar-refractivity contribution in [3.8, 4) is 28.3 Å². The van der Waals surface area contributed by atoms with Crippen LogP contribution in [0, 0.1) is 0 Å². The van der Waals surface area contributed by atoms with E-state index in [1.54, 1.807) is 0 Å². The second-order valence-corrected chi connectivity index (χ2v) is 14.1. The van der Waals surface area contributed by atoms with Gasteiger partial charge in [0.1, 0.15) is 0 Å². The van der Waals surface area contributed by atoms with Crippen molar-refractivity contribution in [3.63, 3.8) is 0 Å². The van der Waals surface area contributed by atoms with E-state index in [-0.39, 0.29) is 5.41 Å². The first-order chi connectivity index (χ1) is 24.6. The Balaban J connectivity index is 1.39. The van der Waals surface area contributed by atoms with Crippen LogP contribution < -0.4 is 0 Å². The molecule has 0 atom stereocenters. The maximum Gasteiger partial charge on any atom is 0.235 e. The van der Waals surface area contributed by atoms with Crippen LogP contribution >= 0.6 is 0 Å². The van der Waals surface area contributed by atoms with E-state index in [0.29, 0.717) is 5.95 Å². The molecule has 0 fully saturated rings. The second-order valence-electron chi connectivity index (χ2n) is 14.1. The van der Waals surface area contributed by atoms with Gasteiger partial charge >= 0.3 is 0 Å². The highest BCUT2D eigenvalue weighted by Gasteiger charge is 2.40. The second kappa shape index (κ2) is 9.87. The van der Waals surface area contributed by atoms with Crippen LogP contribution in [0.2, 0.25) is 0 Å². The third kappa shape index (κ3) is 3.49. The summed E-state index contributed by atoms with van der Waals surface area (Å²) in [5.74, 6) is 0.698. The van der Waals surface area contributed by atoms with Crippen molar-refractivity contribution in [2.45, 2.75) is 19.3 Å². The standard InChI is InChI=1S/C47H31N3/c1-47(2)37-26-14-12-24-35(37)42-43(28-16-4-3-5-17-28)48-46(49-45(42)47)50-38-27-15-13-25-36(38)41-40-32-21-9-7-19-30(32)29-18-6-8-20-31(29)39(40)33-22-10-11-23-34(33)44(41)50/h3-27H,1-2H3. The Morgan fingerprint density at radius 3 is 1.72 bits per heavy atom. The average Bonchev–Trinajstić information content (AvgIpc) is 3.64. The van der Waals surface area contributed by atoms with Crippen LogP contribution in [0.4, 0.5) is 0 Å². The molecule has 3 nitrogen and oxygen atoms in total. The van der Waals surface area contributed by atoms with Gasteiger partial charge in [-0.05, 0) is 49.5 Å². The molecule has 0 amide bonds. The van der Waals surface area contributed by atoms with Crippen molar-refractivity contribution in [2.75, 3.05) is 0 Å². The van der Waals surface area contributed by atoms with Crippen molar-refractivity contribution in [3.05, 3.63) is 163 Å². The van der Waals surface area contributed by atoms with E-state index >= 15 is 0 Å². The van der Waals surface area contributed by atoms with E-state index in [9.17, 15) is 0 Å². The first-order valence-corrected chi connectivity index (χ1v) is 17.4. The quantitative estimate of drug-likeness (QED) is 0.177. The molecule has 50 heavy (non-hydrogen) atoms. The summed E-state index contributed by atoms with van der Waals surface area (Å²) in [7, 11) is 0. The van der Waals surface area contributed by atoms with E-state index in [4.69, 9.17) is 9.97 Å². The SMILES string of the molecule is CC1(C)c2ccccc2-c2c(-c3ccccc3)nc(-n3c4ccccc4c4c5c6ccccc6c6ccccc6c5c5ccccc5c43)nc21. The molecule has 0 radical (unpaired) electrons. The maximum absolute atomic E-state index is 5.60. The number of nitrogens with zero attached hydrogens (tertiary/aromatic N) is 3. The summed E-state index contributed by atoms with van der Waals surface area (Å²) < 4.78 is 2.35. The highest BCUT2D eigenvalue weighted by atomic mass is 15.2. The highest BCUT2D eigenvalue weighted by molar-refractivity contribution is 6.42. The monoisotopic (exact) mass is 637 g/mol. The van der Waals surface area contributed by atoms with Crippen LogP contribution in [0.5, 0.6) is 0 Å². The van der Waals surface area contributed by atoms with Gasteiger partial charge in [0.25, 0.3) is 0 Å². The van der Waals surface area contributed by atoms with Crippen LogP contribution in [0.3, 0.4) is 0 Å². The summed E-state index contributed by atoms with van der Waals surface area (Å²) in [5.41, 5.74) is 8.71. The van der Waals surface area contributed by atoms with Gasteiger partial charge in [0, 0.05) is 38.1 Å². The van der Waals surface area contributed by atoms with E-state index in [1.165, 1.54) is 65.0 Å². The zero-order valence-corrected chi connectivity index (χ0v) is 27.8. The number of fused-ring (bicyclic) bond motifs is 16. The van der Waals surface area contributed by atoms with Crippen LogP contribution in [-0.4, -0.2) is 14.5 Å². The van der Waals surface area contributed by atoms with Gasteiger partial charge in [0.2, 0.25) is 5.95 Å². The molecule has 0 spiro atoms. The van der Waals surface area contributed by atoms with Crippen LogP contribution in [0.25, 0.3) is 93.2 Å². The molecule has 3 heteroatoms. The third-order valence-corrected chi connectivity index (χ3v) is 11.1. The molecule has 0 unspecified atom stereocenters. The molecule has 0 N–H and O–H groups in total. The lowest BCUT2D eigenvalue weighted by atomic mass is 9.85. The van der Waals surface area contributed by atoms with Gasteiger partial charge in [0.05, 0.1) is 22.4 Å². The molecule has 8 aromatic carbocycles. The minimum atomic E-state index is -0.296. The van der Waals surface area contributed by atoms with Crippen LogP contribution in [-0.2, 0) is 5.41 Å². The van der Waals surface area contributed by atoms with Gasteiger partial charge in [-0.1, -0.05) is 159 Å². The zero-order chi connectivity index (χ0) is 33.1. The zero-order valence-electron chi connectivity index (χ0n) is 27.8. The molecule has 1 aliphatic carbocycles. The number of hydrogen-bond donors (Lipinski definition) is 0. The van der Waals surface area contributed by atoms with Gasteiger partial charge in [-0.15, -0.1) is 0 Å². The maximum atomic E-state index is 5.60. The molecular formula is C47H31N3. The molecule has 0 saturated carbocycles. The van der Waals surface area contributed by atoms with Gasteiger partial charge < -0.3 is 0 Å². The fraction of sp³-hybridized carbons (Fsp3) is 0.0638. The largest absolute Gasteiger partial charge is 0.277 e. The molecule has 2 aromatic heterocycles. The summed E-state index contributed by atoms with van der Waals surface area (Å²) in [6, 6.07) is 54.9. The average molecular weight is 638 g/mol. The predicted molar refractivity (Wildman–Crippen MR) is 209 cm³/mol. The Hall–Kier alpha value is -6.32. The molecule has 11 rings (SSSR count). The molecular weight excluding hydrogens is 607 g/mol. The lowest BCUT2D eigenvalue weighted by Crippen LogP contribution is -2.18. The summed E-state index contributed by atoms with van der Waals surface area (Å²) in [6.07, 6.45) is 0. The number of rotatable bonds is 2. The number of benzene rings is 8. The van der Waals surface area contributed by atoms with Gasteiger partial charge in [-0.25, -0.2) is 9.97 Å². The number of para-hydroxylation sites is 1. The van der Waals surface area contributed by atoms with Gasteiger partial charge in [0.15, 0.2) is 0 Å². The van der Waals surface area contributed by atoms with Crippen LogP contribution in [0.15, 0.2) is 152 Å². The fourth-order valence-corrected chi connectivity index (χ4v) is 8.98. The fourth-order valence-electron chi connectivity index (χ4n) is 8.98. The Bertz CT molecular complexity index is 3060. The molecule has 10 aromatic rings. The minimum Gasteiger partial charge on any atom is -0.277 e. The highest BCUT2D eigenvalue weighted by Crippen LogP contribution is 2.52. The molecule has 2 heterocycles. The lowest BCUT2D eigenvalue weighted by molar-refractivity contribution is 0.632. The van der Waals surface area contributed by atoms with E-state index < -0.39 is 0 Å². The van der Waals surface area contributed by atoms with Crippen molar-refractivity contribution in [1.29, 1.82) is 0 Å². The summed E-state index contributed by atoms with van der Waals surface area (Å²) >= 11 is 0. The van der Waals surface area contributed by atoms with Crippen molar-refractivity contribution >= 4 is 64.9 Å². The van der Waals surface area contributed by atoms with Crippen LogP contribution in [0.1, 0.15) is 25.1 Å². The number of aromatic nitrogens is 3. The van der Waals surface area contributed by atoms with Crippen molar-refractivity contribution in [2.24, 2.45) is 0 Å². The third-order valence-electron chi connectivity index (χ3n) is 11.1. The van der Waals surface area contributed by atoms with E-state index in [0.717, 1.165) is 33.5 Å². The first-order valence-electron chi connectivity index (χ1n) is 17.4.